The molecule has 0 aliphatic heterocycles. The highest BCUT2D eigenvalue weighted by Crippen LogP contribution is 2.22. The molecule has 0 spiro atoms. The predicted octanol–water partition coefficient (Wildman–Crippen LogP) is 2.44. The van der Waals surface area contributed by atoms with Gasteiger partial charge in [-0.05, 0) is 38.1 Å². The number of aromatic nitrogens is 4. The van der Waals surface area contributed by atoms with Crippen molar-refractivity contribution in [2.45, 2.75) is 18.9 Å². The monoisotopic (exact) mass is 401 g/mol. The first-order valence-electron chi connectivity index (χ1n) is 8.57. The first kappa shape index (κ1) is 19.6. The van der Waals surface area contributed by atoms with E-state index in [1.807, 2.05) is 32.0 Å². The van der Waals surface area contributed by atoms with Crippen LogP contribution >= 0.6 is 0 Å². The summed E-state index contributed by atoms with van der Waals surface area (Å²) in [6.45, 7) is 3.57. The average molecular weight is 401 g/mol. The normalized spacial score (nSPS) is 11.3. The Kier molecular flexibility index (Phi) is 5.23. The Labute approximate surface area is 164 Å². The number of sulfonamides is 1. The molecule has 0 bridgehead atoms. The van der Waals surface area contributed by atoms with Gasteiger partial charge in [-0.2, -0.15) is 8.42 Å². The lowest BCUT2D eigenvalue weighted by molar-refractivity contribution is 0.598. The van der Waals surface area contributed by atoms with Gasteiger partial charge in [-0.15, -0.1) is 0 Å². The fourth-order valence-electron chi connectivity index (χ4n) is 2.48. The van der Waals surface area contributed by atoms with E-state index in [2.05, 4.69) is 25.0 Å². The second-order valence-electron chi connectivity index (χ2n) is 6.60. The van der Waals surface area contributed by atoms with Gasteiger partial charge in [0, 0.05) is 44.8 Å². The molecule has 0 aliphatic rings. The zero-order valence-electron chi connectivity index (χ0n) is 16.4. The number of rotatable bonds is 6. The van der Waals surface area contributed by atoms with Gasteiger partial charge in [0.05, 0.1) is 0 Å². The number of anilines is 4. The summed E-state index contributed by atoms with van der Waals surface area (Å²) in [6, 6.07) is 8.74. The maximum atomic E-state index is 12.5. The lowest BCUT2D eigenvalue weighted by atomic mass is 10.3. The molecule has 148 valence electrons. The third kappa shape index (κ3) is 4.39. The van der Waals surface area contributed by atoms with Crippen LogP contribution in [-0.2, 0) is 17.1 Å². The quantitative estimate of drug-likeness (QED) is 0.653. The highest BCUT2D eigenvalue weighted by molar-refractivity contribution is 7.92. The molecule has 0 aliphatic carbocycles. The molecule has 0 radical (unpaired) electrons. The Morgan fingerprint density at radius 3 is 2.21 bits per heavy atom. The largest absolute Gasteiger partial charge is 0.363 e. The number of benzene rings is 1. The van der Waals surface area contributed by atoms with Crippen LogP contribution in [0.15, 0.2) is 41.6 Å². The van der Waals surface area contributed by atoms with Crippen molar-refractivity contribution in [3.05, 3.63) is 48.2 Å². The van der Waals surface area contributed by atoms with Gasteiger partial charge in [-0.1, -0.05) is 0 Å². The van der Waals surface area contributed by atoms with E-state index in [0.29, 0.717) is 23.2 Å². The van der Waals surface area contributed by atoms with Crippen LogP contribution in [0.4, 0.5) is 23.0 Å². The van der Waals surface area contributed by atoms with E-state index in [-0.39, 0.29) is 5.03 Å². The molecule has 0 saturated heterocycles. The van der Waals surface area contributed by atoms with Crippen molar-refractivity contribution in [2.24, 2.45) is 7.05 Å². The number of imidazole rings is 1. The maximum Gasteiger partial charge on any atom is 0.280 e. The Hall–Kier alpha value is -3.14. The Balaban J connectivity index is 1.75. The van der Waals surface area contributed by atoms with Crippen molar-refractivity contribution in [3.63, 3.8) is 0 Å². The van der Waals surface area contributed by atoms with Gasteiger partial charge >= 0.3 is 0 Å². The standard InChI is InChI=1S/C18H23N7O2S/c1-12-19-16(10-17(20-12)24(3)4)22-14-6-8-15(9-7-14)23-28(26,27)18-11-25(5)13(2)21-18/h6-11,23H,1-5H3,(H,19,20,22). The summed E-state index contributed by atoms with van der Waals surface area (Å²) >= 11 is 0. The van der Waals surface area contributed by atoms with Crippen molar-refractivity contribution in [2.75, 3.05) is 29.0 Å². The smallest absolute Gasteiger partial charge is 0.280 e. The number of hydrogen-bond donors (Lipinski definition) is 2. The number of hydrogen-bond acceptors (Lipinski definition) is 7. The molecule has 3 rings (SSSR count). The van der Waals surface area contributed by atoms with Gasteiger partial charge in [0.1, 0.15) is 23.3 Å². The second kappa shape index (κ2) is 7.47. The van der Waals surface area contributed by atoms with Gasteiger partial charge < -0.3 is 14.8 Å². The van der Waals surface area contributed by atoms with Gasteiger partial charge in [0.15, 0.2) is 5.03 Å². The lowest BCUT2D eigenvalue weighted by Gasteiger charge is -2.14. The van der Waals surface area contributed by atoms with Crippen molar-refractivity contribution < 1.29 is 8.42 Å². The van der Waals surface area contributed by atoms with E-state index in [1.54, 1.807) is 42.8 Å². The van der Waals surface area contributed by atoms with E-state index in [1.165, 1.54) is 6.20 Å². The molecule has 2 aromatic heterocycles. The van der Waals surface area contributed by atoms with E-state index in [0.717, 1.165) is 11.5 Å². The molecule has 0 amide bonds. The molecule has 10 heteroatoms. The molecule has 2 N–H and O–H groups in total. The molecule has 0 atom stereocenters. The zero-order chi connectivity index (χ0) is 20.5. The van der Waals surface area contributed by atoms with Crippen LogP contribution in [0.1, 0.15) is 11.6 Å². The molecule has 3 aromatic rings. The molecule has 28 heavy (non-hydrogen) atoms. The second-order valence-corrected chi connectivity index (χ2v) is 8.23. The van der Waals surface area contributed by atoms with E-state index >= 15 is 0 Å². The summed E-state index contributed by atoms with van der Waals surface area (Å²) in [6.07, 6.45) is 1.48. The maximum absolute atomic E-state index is 12.5. The molecule has 0 fully saturated rings. The molecule has 9 nitrogen and oxygen atoms in total. The van der Waals surface area contributed by atoms with Crippen molar-refractivity contribution in [1.82, 2.24) is 19.5 Å². The van der Waals surface area contributed by atoms with E-state index < -0.39 is 10.0 Å². The van der Waals surface area contributed by atoms with Crippen LogP contribution in [0.5, 0.6) is 0 Å². The number of nitrogens with zero attached hydrogens (tertiary/aromatic N) is 5. The summed E-state index contributed by atoms with van der Waals surface area (Å²) in [4.78, 5) is 14.7. The van der Waals surface area contributed by atoms with Crippen molar-refractivity contribution >= 4 is 33.0 Å². The molecule has 2 heterocycles. The third-order valence-corrected chi connectivity index (χ3v) is 5.31. The Morgan fingerprint density at radius 2 is 1.64 bits per heavy atom. The molecule has 0 unspecified atom stereocenters. The van der Waals surface area contributed by atoms with Crippen LogP contribution < -0.4 is 14.9 Å². The van der Waals surface area contributed by atoms with E-state index in [4.69, 9.17) is 0 Å². The molecular formula is C18H23N7O2S. The summed E-state index contributed by atoms with van der Waals surface area (Å²) < 4.78 is 29.1. The van der Waals surface area contributed by atoms with E-state index in [9.17, 15) is 8.42 Å². The zero-order valence-corrected chi connectivity index (χ0v) is 17.2. The highest BCUT2D eigenvalue weighted by Gasteiger charge is 2.18. The number of aryl methyl sites for hydroxylation is 3. The van der Waals surface area contributed by atoms with Crippen LogP contribution in [0.25, 0.3) is 0 Å². The predicted molar refractivity (Wildman–Crippen MR) is 110 cm³/mol. The van der Waals surface area contributed by atoms with Crippen LogP contribution in [-0.4, -0.2) is 42.0 Å². The molecule has 1 aromatic carbocycles. The fraction of sp³-hybridized carbons (Fsp3) is 0.278. The minimum absolute atomic E-state index is 0.0117. The first-order chi connectivity index (χ1) is 13.1. The van der Waals surface area contributed by atoms with Crippen molar-refractivity contribution in [1.29, 1.82) is 0 Å². The number of nitrogens with one attached hydrogen (secondary N) is 2. The summed E-state index contributed by atoms with van der Waals surface area (Å²) in [7, 11) is 1.84. The summed E-state index contributed by atoms with van der Waals surface area (Å²) in [5.74, 6) is 2.74. The van der Waals surface area contributed by atoms with Crippen LogP contribution in [0.3, 0.4) is 0 Å². The lowest BCUT2D eigenvalue weighted by Crippen LogP contribution is -2.13. The van der Waals surface area contributed by atoms with Gasteiger partial charge in [0.2, 0.25) is 0 Å². The average Bonchev–Trinajstić information content (AvgIpc) is 2.96. The third-order valence-electron chi connectivity index (χ3n) is 4.05. The fourth-order valence-corrected chi connectivity index (χ4v) is 3.58. The van der Waals surface area contributed by atoms with Gasteiger partial charge in [0.25, 0.3) is 10.0 Å². The molecular weight excluding hydrogens is 378 g/mol. The molecule has 0 saturated carbocycles. The summed E-state index contributed by atoms with van der Waals surface area (Å²) in [5, 5.41) is 3.19. The minimum atomic E-state index is -3.74. The first-order valence-corrected chi connectivity index (χ1v) is 10.1. The van der Waals surface area contributed by atoms with Crippen LogP contribution in [0.2, 0.25) is 0 Å². The highest BCUT2D eigenvalue weighted by atomic mass is 32.2. The topological polar surface area (TPSA) is 105 Å². The Bertz CT molecular complexity index is 1070. The van der Waals surface area contributed by atoms with Crippen LogP contribution in [0, 0.1) is 13.8 Å². The minimum Gasteiger partial charge on any atom is -0.363 e. The summed E-state index contributed by atoms with van der Waals surface area (Å²) in [5.41, 5.74) is 1.22. The van der Waals surface area contributed by atoms with Gasteiger partial charge in [-0.25, -0.2) is 15.0 Å². The Morgan fingerprint density at radius 1 is 1.00 bits per heavy atom. The SMILES string of the molecule is Cc1nc(Nc2ccc(NS(=O)(=O)c3cn(C)c(C)n3)cc2)cc(N(C)C)n1. The van der Waals surface area contributed by atoms with Gasteiger partial charge in [-0.3, -0.25) is 4.72 Å². The van der Waals surface area contributed by atoms with Crippen molar-refractivity contribution in [3.8, 4) is 0 Å².